The van der Waals surface area contributed by atoms with Crippen molar-refractivity contribution < 1.29 is 18.1 Å². The second kappa shape index (κ2) is 8.02. The maximum absolute atomic E-state index is 11.9. The largest absolute Gasteiger partial charge is 0.505 e. The molecule has 0 atom stereocenters. The molecular weight excluding hydrogens is 390 g/mol. The van der Waals surface area contributed by atoms with Crippen LogP contribution in [0.2, 0.25) is 0 Å². The summed E-state index contributed by atoms with van der Waals surface area (Å²) in [5.41, 5.74) is 2.65. The lowest BCUT2D eigenvalue weighted by molar-refractivity contribution is 0.472. The van der Waals surface area contributed by atoms with Gasteiger partial charge in [-0.2, -0.15) is 13.5 Å². The Hall–Kier alpha value is -3.23. The molecule has 0 spiro atoms. The minimum Gasteiger partial charge on any atom is -0.505 e. The summed E-state index contributed by atoms with van der Waals surface area (Å²) in [7, 11) is -2.95. The van der Waals surface area contributed by atoms with E-state index in [2.05, 4.69) is 22.1 Å². The van der Waals surface area contributed by atoms with E-state index in [1.54, 1.807) is 31.3 Å². The molecule has 7 nitrogen and oxygen atoms in total. The number of anilines is 1. The first kappa shape index (κ1) is 20.5. The first-order valence-corrected chi connectivity index (χ1v) is 10.3. The third kappa shape index (κ3) is 4.28. The molecule has 3 rings (SSSR count). The number of rotatable bonds is 6. The highest BCUT2D eigenvalue weighted by Gasteiger charge is 2.23. The molecule has 0 amide bonds. The van der Waals surface area contributed by atoms with Gasteiger partial charge in [0.25, 0.3) is 10.1 Å². The van der Waals surface area contributed by atoms with Crippen LogP contribution in [0.25, 0.3) is 10.8 Å². The van der Waals surface area contributed by atoms with Crippen LogP contribution in [0, 0.1) is 6.92 Å². The number of nitrogens with one attached hydrogen (secondary N) is 1. The smallest absolute Gasteiger partial charge is 0.296 e. The Morgan fingerprint density at radius 3 is 2.41 bits per heavy atom. The lowest BCUT2D eigenvalue weighted by Crippen LogP contribution is -2.00. The van der Waals surface area contributed by atoms with Crippen molar-refractivity contribution in [3.8, 4) is 5.75 Å². The number of aryl methyl sites for hydroxylation is 1. The van der Waals surface area contributed by atoms with E-state index in [4.69, 9.17) is 0 Å². The Bertz CT molecular complexity index is 1220. The Labute approximate surface area is 169 Å². The average molecular weight is 411 g/mol. The van der Waals surface area contributed by atoms with Gasteiger partial charge in [0, 0.05) is 18.1 Å². The van der Waals surface area contributed by atoms with Crippen molar-refractivity contribution in [1.82, 2.24) is 0 Å². The quantitative estimate of drug-likeness (QED) is 0.290. The number of phenols is 1. The molecule has 0 aliphatic rings. The molecule has 0 heterocycles. The molecule has 0 fully saturated rings. The molecule has 0 aromatic heterocycles. The predicted molar refractivity (Wildman–Crippen MR) is 114 cm³/mol. The molecule has 8 heteroatoms. The van der Waals surface area contributed by atoms with E-state index in [1.165, 1.54) is 6.07 Å². The fraction of sp³-hybridized carbons (Fsp3) is 0.143. The molecule has 0 aliphatic heterocycles. The van der Waals surface area contributed by atoms with Crippen LogP contribution in [0.1, 0.15) is 11.1 Å². The van der Waals surface area contributed by atoms with Crippen LogP contribution in [0.5, 0.6) is 5.75 Å². The SMILES string of the molecule is C=CCc1ccc(N=Nc2c(S(=O)(=O)O)cc3cc(C)cc(NC)c3c2O)cc1. The zero-order chi connectivity index (χ0) is 21.2. The summed E-state index contributed by atoms with van der Waals surface area (Å²) in [5, 5.41) is 22.6. The monoisotopic (exact) mass is 411 g/mol. The lowest BCUT2D eigenvalue weighted by atomic mass is 10.0. The van der Waals surface area contributed by atoms with Crippen LogP contribution in [0.3, 0.4) is 0 Å². The van der Waals surface area contributed by atoms with E-state index >= 15 is 0 Å². The summed E-state index contributed by atoms with van der Waals surface area (Å²) in [6.45, 7) is 5.53. The summed E-state index contributed by atoms with van der Waals surface area (Å²) >= 11 is 0. The molecule has 0 saturated heterocycles. The van der Waals surface area contributed by atoms with E-state index in [1.807, 2.05) is 25.1 Å². The number of aromatic hydroxyl groups is 1. The standard InChI is InChI=1S/C21H21N3O4S/c1-4-5-14-6-8-16(9-7-14)23-24-20-18(29(26,27)28)12-15-10-13(2)11-17(22-3)19(15)21(20)25/h4,6-12,22,25H,1,5H2,2-3H3,(H,26,27,28). The molecule has 0 radical (unpaired) electrons. The van der Waals surface area contributed by atoms with Gasteiger partial charge in [0.2, 0.25) is 0 Å². The van der Waals surface area contributed by atoms with E-state index in [9.17, 15) is 18.1 Å². The van der Waals surface area contributed by atoms with Crippen LogP contribution >= 0.6 is 0 Å². The highest BCUT2D eigenvalue weighted by molar-refractivity contribution is 7.86. The number of benzene rings is 3. The maximum atomic E-state index is 11.9. The van der Waals surface area contributed by atoms with Crippen LogP contribution < -0.4 is 5.32 Å². The van der Waals surface area contributed by atoms with E-state index in [-0.39, 0.29) is 11.4 Å². The van der Waals surface area contributed by atoms with Crippen molar-refractivity contribution in [2.24, 2.45) is 10.2 Å². The van der Waals surface area contributed by atoms with Crippen molar-refractivity contribution in [2.45, 2.75) is 18.2 Å². The normalized spacial score (nSPS) is 11.8. The van der Waals surface area contributed by atoms with Crippen LogP contribution in [0.15, 0.2) is 70.2 Å². The molecule has 3 aromatic rings. The Morgan fingerprint density at radius 2 is 1.83 bits per heavy atom. The number of hydrogen-bond acceptors (Lipinski definition) is 6. The number of hydrogen-bond donors (Lipinski definition) is 3. The van der Waals surface area contributed by atoms with Crippen molar-refractivity contribution in [1.29, 1.82) is 0 Å². The maximum Gasteiger partial charge on any atom is 0.296 e. The van der Waals surface area contributed by atoms with Gasteiger partial charge in [-0.3, -0.25) is 4.55 Å². The van der Waals surface area contributed by atoms with Crippen LogP contribution in [-0.2, 0) is 16.5 Å². The molecule has 0 aliphatic carbocycles. The van der Waals surface area contributed by atoms with Gasteiger partial charge in [-0.05, 0) is 54.1 Å². The third-order valence-electron chi connectivity index (χ3n) is 4.42. The van der Waals surface area contributed by atoms with Crippen molar-refractivity contribution in [2.75, 3.05) is 12.4 Å². The second-order valence-electron chi connectivity index (χ2n) is 6.57. The summed E-state index contributed by atoms with van der Waals surface area (Å²) in [6.07, 6.45) is 2.49. The van der Waals surface area contributed by atoms with Crippen LogP contribution in [-0.4, -0.2) is 25.1 Å². The molecule has 0 unspecified atom stereocenters. The third-order valence-corrected chi connectivity index (χ3v) is 5.29. The van der Waals surface area contributed by atoms with Gasteiger partial charge < -0.3 is 10.4 Å². The zero-order valence-corrected chi connectivity index (χ0v) is 16.9. The van der Waals surface area contributed by atoms with Gasteiger partial charge in [0.15, 0.2) is 5.75 Å². The number of allylic oxidation sites excluding steroid dienone is 1. The summed E-state index contributed by atoms with van der Waals surface area (Å²) in [4.78, 5) is -0.512. The minimum atomic E-state index is -4.64. The van der Waals surface area contributed by atoms with Gasteiger partial charge in [-0.25, -0.2) is 0 Å². The highest BCUT2D eigenvalue weighted by atomic mass is 32.2. The summed E-state index contributed by atoms with van der Waals surface area (Å²) in [6, 6.07) is 11.9. The first-order valence-electron chi connectivity index (χ1n) is 8.81. The Morgan fingerprint density at radius 1 is 1.14 bits per heavy atom. The molecule has 3 N–H and O–H groups in total. The number of nitrogens with zero attached hydrogens (tertiary/aromatic N) is 2. The fourth-order valence-corrected chi connectivity index (χ4v) is 3.76. The van der Waals surface area contributed by atoms with Crippen molar-refractivity contribution in [3.05, 3.63) is 66.2 Å². The molecule has 0 bridgehead atoms. The first-order chi connectivity index (χ1) is 13.7. The topological polar surface area (TPSA) is 111 Å². The van der Waals surface area contributed by atoms with E-state index in [0.29, 0.717) is 28.6 Å². The van der Waals surface area contributed by atoms with Crippen molar-refractivity contribution in [3.63, 3.8) is 0 Å². The number of phenolic OH excluding ortho intramolecular Hbond substituents is 1. The predicted octanol–water partition coefficient (Wildman–Crippen LogP) is 5.29. The summed E-state index contributed by atoms with van der Waals surface area (Å²) < 4.78 is 33.5. The number of azo groups is 1. The molecule has 3 aromatic carbocycles. The van der Waals surface area contributed by atoms with Gasteiger partial charge >= 0.3 is 0 Å². The molecular formula is C21H21N3O4S. The highest BCUT2D eigenvalue weighted by Crippen LogP contribution is 2.44. The minimum absolute atomic E-state index is 0.324. The Kier molecular flexibility index (Phi) is 5.67. The molecule has 29 heavy (non-hydrogen) atoms. The van der Waals surface area contributed by atoms with E-state index < -0.39 is 15.0 Å². The summed E-state index contributed by atoms with van der Waals surface area (Å²) in [5.74, 6) is -0.383. The van der Waals surface area contributed by atoms with Crippen LogP contribution in [0.4, 0.5) is 17.1 Å². The van der Waals surface area contributed by atoms with Gasteiger partial charge in [-0.1, -0.05) is 24.3 Å². The second-order valence-corrected chi connectivity index (χ2v) is 7.96. The van der Waals surface area contributed by atoms with Gasteiger partial charge in [0.05, 0.1) is 5.69 Å². The van der Waals surface area contributed by atoms with Crippen molar-refractivity contribution >= 4 is 38.0 Å². The molecule has 150 valence electrons. The Balaban J connectivity index is 2.20. The lowest BCUT2D eigenvalue weighted by Gasteiger charge is -2.13. The molecule has 0 saturated carbocycles. The number of fused-ring (bicyclic) bond motifs is 1. The fourth-order valence-electron chi connectivity index (χ4n) is 3.10. The van der Waals surface area contributed by atoms with E-state index in [0.717, 1.165) is 11.1 Å². The van der Waals surface area contributed by atoms with Gasteiger partial charge in [-0.15, -0.1) is 11.7 Å². The van der Waals surface area contributed by atoms with Gasteiger partial charge in [0.1, 0.15) is 10.6 Å². The zero-order valence-electron chi connectivity index (χ0n) is 16.0. The average Bonchev–Trinajstić information content (AvgIpc) is 2.66.